The molecule has 1 aromatic carbocycles. The summed E-state index contributed by atoms with van der Waals surface area (Å²) in [7, 11) is 0. The second-order valence-corrected chi connectivity index (χ2v) is 3.95. The van der Waals surface area contributed by atoms with Crippen molar-refractivity contribution in [1.29, 1.82) is 0 Å². The fraction of sp³-hybridized carbons (Fsp3) is 0.0667. The summed E-state index contributed by atoms with van der Waals surface area (Å²) in [6.45, 7) is 1.87. The molecule has 2 aromatic rings. The van der Waals surface area contributed by atoms with Gasteiger partial charge in [0.15, 0.2) is 0 Å². The first-order valence-corrected chi connectivity index (χ1v) is 5.75. The number of carboxylic acid groups (broad SMARTS) is 1. The van der Waals surface area contributed by atoms with Crippen LogP contribution in [0.15, 0.2) is 42.5 Å². The van der Waals surface area contributed by atoms with Crippen LogP contribution in [0, 0.1) is 5.82 Å². The van der Waals surface area contributed by atoms with Crippen LogP contribution >= 0.6 is 0 Å². The summed E-state index contributed by atoms with van der Waals surface area (Å²) in [4.78, 5) is 14.8. The topological polar surface area (TPSA) is 50.2 Å². The lowest BCUT2D eigenvalue weighted by Gasteiger charge is -2.05. The predicted octanol–water partition coefficient (Wildman–Crippen LogP) is 3.62. The van der Waals surface area contributed by atoms with Gasteiger partial charge < -0.3 is 5.11 Å². The first-order chi connectivity index (χ1) is 9.11. The maximum Gasteiger partial charge on any atom is 0.354 e. The Morgan fingerprint density at radius 1 is 1.32 bits per heavy atom. The lowest BCUT2D eigenvalue weighted by Crippen LogP contribution is -2.01. The number of pyridine rings is 1. The van der Waals surface area contributed by atoms with Crippen LogP contribution in [0.1, 0.15) is 23.0 Å². The fourth-order valence-corrected chi connectivity index (χ4v) is 1.74. The van der Waals surface area contributed by atoms with Crippen molar-refractivity contribution in [2.75, 3.05) is 0 Å². The molecule has 2 rings (SSSR count). The number of allylic oxidation sites excluding steroid dienone is 1. The second kappa shape index (κ2) is 5.44. The van der Waals surface area contributed by atoms with Gasteiger partial charge in [-0.05, 0) is 36.8 Å². The minimum atomic E-state index is -1.13. The van der Waals surface area contributed by atoms with Crippen LogP contribution in [-0.4, -0.2) is 16.1 Å². The third-order valence-corrected chi connectivity index (χ3v) is 2.59. The average molecular weight is 257 g/mol. The van der Waals surface area contributed by atoms with Crippen molar-refractivity contribution in [2.45, 2.75) is 6.92 Å². The van der Waals surface area contributed by atoms with Crippen molar-refractivity contribution in [3.05, 3.63) is 59.5 Å². The van der Waals surface area contributed by atoms with Gasteiger partial charge in [0.2, 0.25) is 0 Å². The maximum atomic E-state index is 13.8. The van der Waals surface area contributed by atoms with Gasteiger partial charge in [0.1, 0.15) is 11.5 Å². The highest BCUT2D eigenvalue weighted by Gasteiger charge is 2.10. The van der Waals surface area contributed by atoms with Gasteiger partial charge >= 0.3 is 5.97 Å². The average Bonchev–Trinajstić information content (AvgIpc) is 2.41. The number of aromatic carboxylic acids is 1. The second-order valence-electron chi connectivity index (χ2n) is 3.95. The molecule has 1 aromatic heterocycles. The van der Waals surface area contributed by atoms with Gasteiger partial charge in [-0.2, -0.15) is 0 Å². The van der Waals surface area contributed by atoms with Crippen molar-refractivity contribution >= 4 is 12.0 Å². The highest BCUT2D eigenvalue weighted by molar-refractivity contribution is 5.86. The normalized spacial score (nSPS) is 10.8. The Balaban J connectivity index is 2.54. The molecule has 0 amide bonds. The molecule has 0 bridgehead atoms. The van der Waals surface area contributed by atoms with Gasteiger partial charge in [0, 0.05) is 5.56 Å². The molecule has 96 valence electrons. The summed E-state index contributed by atoms with van der Waals surface area (Å²) in [5.74, 6) is -1.56. The molecular formula is C15H12FNO2. The van der Waals surface area contributed by atoms with E-state index >= 15 is 0 Å². The molecule has 0 fully saturated rings. The van der Waals surface area contributed by atoms with Gasteiger partial charge in [0.05, 0.1) is 5.69 Å². The third kappa shape index (κ3) is 2.85. The minimum Gasteiger partial charge on any atom is -0.477 e. The Morgan fingerprint density at radius 2 is 2.11 bits per heavy atom. The molecule has 0 saturated carbocycles. The number of carbonyl (C=O) groups is 1. The van der Waals surface area contributed by atoms with E-state index < -0.39 is 11.8 Å². The largest absolute Gasteiger partial charge is 0.477 e. The summed E-state index contributed by atoms with van der Waals surface area (Å²) >= 11 is 0. The summed E-state index contributed by atoms with van der Waals surface area (Å²) in [6, 6.07) is 9.15. The van der Waals surface area contributed by atoms with E-state index in [1.165, 1.54) is 12.1 Å². The highest BCUT2D eigenvalue weighted by Crippen LogP contribution is 2.23. The third-order valence-electron chi connectivity index (χ3n) is 2.59. The number of benzene rings is 1. The van der Waals surface area contributed by atoms with Gasteiger partial charge in [0.25, 0.3) is 0 Å². The van der Waals surface area contributed by atoms with Gasteiger partial charge in [-0.1, -0.05) is 24.3 Å². The summed E-state index contributed by atoms with van der Waals surface area (Å²) in [5, 5.41) is 8.90. The van der Waals surface area contributed by atoms with Crippen LogP contribution in [0.5, 0.6) is 0 Å². The summed E-state index contributed by atoms with van der Waals surface area (Å²) in [6.07, 6.45) is 3.68. The minimum absolute atomic E-state index is 0.103. The number of hydrogen-bond donors (Lipinski definition) is 1. The van der Waals surface area contributed by atoms with E-state index in [0.29, 0.717) is 11.3 Å². The molecule has 1 heterocycles. The molecule has 0 radical (unpaired) electrons. The lowest BCUT2D eigenvalue weighted by atomic mass is 10.1. The molecule has 0 saturated heterocycles. The summed E-state index contributed by atoms with van der Waals surface area (Å²) < 4.78 is 13.8. The number of rotatable bonds is 3. The van der Waals surface area contributed by atoms with E-state index in [4.69, 9.17) is 5.11 Å². The molecule has 0 unspecified atom stereocenters. The number of aromatic nitrogens is 1. The van der Waals surface area contributed by atoms with E-state index in [-0.39, 0.29) is 5.69 Å². The first-order valence-electron chi connectivity index (χ1n) is 5.75. The van der Waals surface area contributed by atoms with E-state index in [9.17, 15) is 9.18 Å². The van der Waals surface area contributed by atoms with Gasteiger partial charge in [-0.3, -0.25) is 0 Å². The lowest BCUT2D eigenvalue weighted by molar-refractivity contribution is 0.0690. The van der Waals surface area contributed by atoms with Gasteiger partial charge in [-0.15, -0.1) is 0 Å². The predicted molar refractivity (Wildman–Crippen MR) is 71.3 cm³/mol. The standard InChI is InChI=1S/C15H12FNO2/c1-2-4-10-7-8-12(16)11(9-10)13-5-3-6-14(17-13)15(18)19/h2-9H,1H3,(H,18,19). The van der Waals surface area contributed by atoms with Crippen LogP contribution in [0.2, 0.25) is 0 Å². The van der Waals surface area contributed by atoms with Crippen LogP contribution in [0.3, 0.4) is 0 Å². The van der Waals surface area contributed by atoms with Crippen LogP contribution in [0.4, 0.5) is 4.39 Å². The van der Waals surface area contributed by atoms with Crippen LogP contribution in [-0.2, 0) is 0 Å². The zero-order chi connectivity index (χ0) is 13.8. The van der Waals surface area contributed by atoms with Crippen molar-refractivity contribution in [3.63, 3.8) is 0 Å². The number of halogens is 1. The molecule has 3 nitrogen and oxygen atoms in total. The first kappa shape index (κ1) is 13.0. The Kier molecular flexibility index (Phi) is 3.71. The molecule has 1 N–H and O–H groups in total. The van der Waals surface area contributed by atoms with Crippen molar-refractivity contribution in [1.82, 2.24) is 4.98 Å². The zero-order valence-corrected chi connectivity index (χ0v) is 10.3. The van der Waals surface area contributed by atoms with Crippen molar-refractivity contribution in [2.24, 2.45) is 0 Å². The van der Waals surface area contributed by atoms with E-state index in [1.54, 1.807) is 24.3 Å². The van der Waals surface area contributed by atoms with Crippen LogP contribution < -0.4 is 0 Å². The quantitative estimate of drug-likeness (QED) is 0.913. The molecule has 19 heavy (non-hydrogen) atoms. The fourth-order valence-electron chi connectivity index (χ4n) is 1.74. The Labute approximate surface area is 110 Å². The van der Waals surface area contributed by atoms with Crippen molar-refractivity contribution < 1.29 is 14.3 Å². The Bertz CT molecular complexity index is 650. The molecule has 0 aliphatic carbocycles. The van der Waals surface area contributed by atoms with Crippen molar-refractivity contribution in [3.8, 4) is 11.3 Å². The smallest absolute Gasteiger partial charge is 0.354 e. The molecular weight excluding hydrogens is 245 g/mol. The molecule has 0 atom stereocenters. The number of hydrogen-bond acceptors (Lipinski definition) is 2. The monoisotopic (exact) mass is 257 g/mol. The summed E-state index contributed by atoms with van der Waals surface area (Å²) in [5.41, 5.74) is 1.33. The molecule has 0 aliphatic heterocycles. The van der Waals surface area contributed by atoms with Crippen LogP contribution in [0.25, 0.3) is 17.3 Å². The Hall–Kier alpha value is -2.49. The SMILES string of the molecule is CC=Cc1ccc(F)c(-c2cccc(C(=O)O)n2)c1. The highest BCUT2D eigenvalue weighted by atomic mass is 19.1. The number of nitrogens with zero attached hydrogens (tertiary/aromatic N) is 1. The molecule has 0 spiro atoms. The van der Waals surface area contributed by atoms with Gasteiger partial charge in [-0.25, -0.2) is 14.2 Å². The molecule has 4 heteroatoms. The maximum absolute atomic E-state index is 13.8. The Morgan fingerprint density at radius 3 is 2.79 bits per heavy atom. The zero-order valence-electron chi connectivity index (χ0n) is 10.3. The van der Waals surface area contributed by atoms with E-state index in [0.717, 1.165) is 5.56 Å². The number of carboxylic acids is 1. The molecule has 0 aliphatic rings. The van der Waals surface area contributed by atoms with E-state index in [2.05, 4.69) is 4.98 Å². The van der Waals surface area contributed by atoms with E-state index in [1.807, 2.05) is 19.1 Å².